The van der Waals surface area contributed by atoms with Crippen LogP contribution >= 0.6 is 0 Å². The Balaban J connectivity index is 2.52. The molecule has 1 aromatic carbocycles. The first-order chi connectivity index (χ1) is 9.02. The molecule has 100 valence electrons. The lowest BCUT2D eigenvalue weighted by molar-refractivity contribution is -0.384. The molecular formula is C9H9FN6O3. The molecular weight excluding hydrogens is 259 g/mol. The zero-order chi connectivity index (χ0) is 14.0. The van der Waals surface area contributed by atoms with Gasteiger partial charge in [-0.15, -0.1) is 0 Å². The fourth-order valence-electron chi connectivity index (χ4n) is 1.47. The lowest BCUT2D eigenvalue weighted by atomic mass is 10.2. The van der Waals surface area contributed by atoms with Crippen molar-refractivity contribution in [3.63, 3.8) is 0 Å². The van der Waals surface area contributed by atoms with Crippen LogP contribution in [-0.4, -0.2) is 32.2 Å². The monoisotopic (exact) mass is 268 g/mol. The third kappa shape index (κ3) is 2.41. The topological polar surface area (TPSA) is 108 Å². The van der Waals surface area contributed by atoms with Crippen LogP contribution in [0.2, 0.25) is 0 Å². The van der Waals surface area contributed by atoms with Crippen molar-refractivity contribution >= 4 is 17.3 Å². The second-order valence-corrected chi connectivity index (χ2v) is 3.51. The molecule has 9 nitrogen and oxygen atoms in total. The van der Waals surface area contributed by atoms with E-state index in [9.17, 15) is 14.5 Å². The molecule has 0 unspecified atom stereocenters. The highest BCUT2D eigenvalue weighted by molar-refractivity contribution is 5.72. The lowest BCUT2D eigenvalue weighted by Gasteiger charge is -2.08. The third-order valence-electron chi connectivity index (χ3n) is 2.31. The largest absolute Gasteiger partial charge is 0.490 e. The summed E-state index contributed by atoms with van der Waals surface area (Å²) in [6.07, 6.45) is 0. The fourth-order valence-corrected chi connectivity index (χ4v) is 1.47. The van der Waals surface area contributed by atoms with Crippen molar-refractivity contribution in [1.82, 2.24) is 20.2 Å². The Bertz CT molecular complexity index is 628. The first-order valence-corrected chi connectivity index (χ1v) is 5.04. The Morgan fingerprint density at radius 1 is 1.53 bits per heavy atom. The Kier molecular flexibility index (Phi) is 3.23. The summed E-state index contributed by atoms with van der Waals surface area (Å²) >= 11 is 0. The quantitative estimate of drug-likeness (QED) is 0.651. The first kappa shape index (κ1) is 12.7. The number of tetrazole rings is 1. The molecule has 1 aromatic heterocycles. The second-order valence-electron chi connectivity index (χ2n) is 3.51. The molecule has 0 bridgehead atoms. The standard InChI is InChI=1S/C9H9FN6O3/c1-15-9(12-13-14-15)11-6-3-5(10)4-7(19-2)8(6)16(17)18/h3-4H,1-2H3,(H,11,12,14). The maximum atomic E-state index is 13.4. The minimum Gasteiger partial charge on any atom is -0.490 e. The number of aromatic nitrogens is 4. The summed E-state index contributed by atoms with van der Waals surface area (Å²) in [5.74, 6) is -0.738. The Hall–Kier alpha value is -2.78. The van der Waals surface area contributed by atoms with Gasteiger partial charge in [0.15, 0.2) is 0 Å². The van der Waals surface area contributed by atoms with E-state index in [1.54, 1.807) is 0 Å². The number of ether oxygens (including phenoxy) is 1. The van der Waals surface area contributed by atoms with Gasteiger partial charge in [-0.2, -0.15) is 0 Å². The SMILES string of the molecule is COc1cc(F)cc(Nc2nnnn2C)c1[N+](=O)[O-]. The number of nitro benzene ring substituents is 1. The van der Waals surface area contributed by atoms with Gasteiger partial charge in [0.1, 0.15) is 11.5 Å². The number of nitrogens with one attached hydrogen (secondary N) is 1. The van der Waals surface area contributed by atoms with Gasteiger partial charge in [-0.1, -0.05) is 5.10 Å². The van der Waals surface area contributed by atoms with Crippen LogP contribution in [0.3, 0.4) is 0 Å². The maximum absolute atomic E-state index is 13.4. The normalized spacial score (nSPS) is 10.3. The van der Waals surface area contributed by atoms with Crippen LogP contribution in [0.5, 0.6) is 5.75 Å². The molecule has 0 aliphatic rings. The highest BCUT2D eigenvalue weighted by Crippen LogP contribution is 2.36. The van der Waals surface area contributed by atoms with E-state index >= 15 is 0 Å². The van der Waals surface area contributed by atoms with Gasteiger partial charge in [0.25, 0.3) is 0 Å². The Morgan fingerprint density at radius 2 is 2.26 bits per heavy atom. The molecule has 0 amide bonds. The number of methoxy groups -OCH3 is 1. The van der Waals surface area contributed by atoms with Crippen LogP contribution in [0.15, 0.2) is 12.1 Å². The number of benzene rings is 1. The van der Waals surface area contributed by atoms with Crippen LogP contribution in [0, 0.1) is 15.9 Å². The van der Waals surface area contributed by atoms with Gasteiger partial charge in [0.2, 0.25) is 11.7 Å². The molecule has 0 saturated heterocycles. The highest BCUT2D eigenvalue weighted by Gasteiger charge is 2.23. The summed E-state index contributed by atoms with van der Waals surface area (Å²) in [7, 11) is 2.75. The van der Waals surface area contributed by atoms with Gasteiger partial charge < -0.3 is 10.1 Å². The summed E-state index contributed by atoms with van der Waals surface area (Å²) in [5.41, 5.74) is -0.494. The van der Waals surface area contributed by atoms with E-state index in [1.807, 2.05) is 0 Å². The van der Waals surface area contributed by atoms with E-state index in [2.05, 4.69) is 20.8 Å². The van der Waals surface area contributed by atoms with Crippen LogP contribution in [0.25, 0.3) is 0 Å². The molecule has 0 aliphatic heterocycles. The minimum absolute atomic E-state index is 0.0975. The predicted molar refractivity (Wildman–Crippen MR) is 61.7 cm³/mol. The van der Waals surface area contributed by atoms with Gasteiger partial charge in [0.05, 0.1) is 12.0 Å². The second kappa shape index (κ2) is 4.84. The molecule has 2 aromatic rings. The Morgan fingerprint density at radius 3 is 2.79 bits per heavy atom. The van der Waals surface area contributed by atoms with Crippen LogP contribution in [0.4, 0.5) is 21.7 Å². The molecule has 1 N–H and O–H groups in total. The zero-order valence-corrected chi connectivity index (χ0v) is 9.99. The summed E-state index contributed by atoms with van der Waals surface area (Å²) in [6, 6.07) is 1.90. The summed E-state index contributed by atoms with van der Waals surface area (Å²) in [5, 5.41) is 24.1. The molecule has 0 aliphatic carbocycles. The van der Waals surface area contributed by atoms with Gasteiger partial charge >= 0.3 is 5.69 Å². The van der Waals surface area contributed by atoms with E-state index in [-0.39, 0.29) is 17.4 Å². The molecule has 1 heterocycles. The third-order valence-corrected chi connectivity index (χ3v) is 2.31. The molecule has 19 heavy (non-hydrogen) atoms. The number of hydrogen-bond acceptors (Lipinski definition) is 7. The average Bonchev–Trinajstić information content (AvgIpc) is 2.73. The number of nitro groups is 1. The predicted octanol–water partition coefficient (Wildman–Crippen LogP) is 1.01. The number of rotatable bonds is 4. The summed E-state index contributed by atoms with van der Waals surface area (Å²) in [6.45, 7) is 0. The van der Waals surface area contributed by atoms with Gasteiger partial charge in [-0.25, -0.2) is 9.07 Å². The fraction of sp³-hybridized carbons (Fsp3) is 0.222. The molecule has 0 radical (unpaired) electrons. The van der Waals surface area contributed by atoms with E-state index in [0.717, 1.165) is 12.1 Å². The number of hydrogen-bond donors (Lipinski definition) is 1. The van der Waals surface area contributed by atoms with Crippen molar-refractivity contribution in [3.05, 3.63) is 28.1 Å². The van der Waals surface area contributed by atoms with Crippen LogP contribution < -0.4 is 10.1 Å². The average molecular weight is 268 g/mol. The van der Waals surface area contributed by atoms with E-state index in [4.69, 9.17) is 4.74 Å². The Labute approximate surface area is 106 Å². The molecule has 0 spiro atoms. The van der Waals surface area contributed by atoms with E-state index < -0.39 is 16.4 Å². The summed E-state index contributed by atoms with van der Waals surface area (Å²) in [4.78, 5) is 10.4. The van der Waals surface area contributed by atoms with E-state index in [0.29, 0.717) is 0 Å². The first-order valence-electron chi connectivity index (χ1n) is 5.04. The lowest BCUT2D eigenvalue weighted by Crippen LogP contribution is -2.04. The van der Waals surface area contributed by atoms with Crippen molar-refractivity contribution in [1.29, 1.82) is 0 Å². The molecule has 0 saturated carbocycles. The zero-order valence-electron chi connectivity index (χ0n) is 9.99. The van der Waals surface area contributed by atoms with Crippen molar-refractivity contribution in [2.75, 3.05) is 12.4 Å². The number of nitrogens with zero attached hydrogens (tertiary/aromatic N) is 5. The van der Waals surface area contributed by atoms with Crippen LogP contribution in [0.1, 0.15) is 0 Å². The molecule has 0 fully saturated rings. The molecule has 10 heteroatoms. The van der Waals surface area contributed by atoms with Gasteiger partial charge in [-0.05, 0) is 10.4 Å². The molecule has 2 rings (SSSR count). The van der Waals surface area contributed by atoms with Gasteiger partial charge in [-0.3, -0.25) is 10.1 Å². The highest BCUT2D eigenvalue weighted by atomic mass is 19.1. The van der Waals surface area contributed by atoms with Crippen molar-refractivity contribution in [2.24, 2.45) is 7.05 Å². The maximum Gasteiger partial charge on any atom is 0.334 e. The van der Waals surface area contributed by atoms with Crippen LogP contribution in [-0.2, 0) is 7.05 Å². The van der Waals surface area contributed by atoms with Crippen molar-refractivity contribution in [3.8, 4) is 5.75 Å². The number of anilines is 2. The van der Waals surface area contributed by atoms with Crippen molar-refractivity contribution in [2.45, 2.75) is 0 Å². The molecule has 0 atom stereocenters. The smallest absolute Gasteiger partial charge is 0.334 e. The van der Waals surface area contributed by atoms with Crippen molar-refractivity contribution < 1.29 is 14.1 Å². The number of halogens is 1. The number of aryl methyl sites for hydroxylation is 1. The minimum atomic E-state index is -0.680. The van der Waals surface area contributed by atoms with E-state index in [1.165, 1.54) is 18.8 Å². The van der Waals surface area contributed by atoms with Gasteiger partial charge in [0, 0.05) is 19.2 Å². The summed E-state index contributed by atoms with van der Waals surface area (Å²) < 4.78 is 19.4.